The molecule has 0 saturated heterocycles. The van der Waals surface area contributed by atoms with Gasteiger partial charge in [-0.1, -0.05) is 6.07 Å². The van der Waals surface area contributed by atoms with Crippen molar-refractivity contribution in [2.45, 2.75) is 6.92 Å². The van der Waals surface area contributed by atoms with Crippen molar-refractivity contribution in [2.75, 3.05) is 19.0 Å². The van der Waals surface area contributed by atoms with Gasteiger partial charge in [0.2, 0.25) is 0 Å². The van der Waals surface area contributed by atoms with Crippen LogP contribution in [0.15, 0.2) is 33.5 Å². The van der Waals surface area contributed by atoms with Gasteiger partial charge in [-0.2, -0.15) is 0 Å². The van der Waals surface area contributed by atoms with Crippen molar-refractivity contribution >= 4 is 22.4 Å². The van der Waals surface area contributed by atoms with E-state index in [1.807, 2.05) is 31.1 Å². The number of fused-ring (bicyclic) bond motifs is 1. The van der Waals surface area contributed by atoms with E-state index in [1.54, 1.807) is 12.1 Å². The molecule has 0 atom stereocenters. The number of carbonyl (C=O) groups is 1. The summed E-state index contributed by atoms with van der Waals surface area (Å²) < 4.78 is 5.14. The second kappa shape index (κ2) is 4.05. The molecule has 0 bridgehead atoms. The van der Waals surface area contributed by atoms with Gasteiger partial charge < -0.3 is 9.32 Å². The van der Waals surface area contributed by atoms with Crippen LogP contribution in [0.1, 0.15) is 17.3 Å². The molecule has 17 heavy (non-hydrogen) atoms. The molecule has 1 heterocycles. The van der Waals surface area contributed by atoms with Gasteiger partial charge in [0.05, 0.1) is 0 Å². The minimum Gasteiger partial charge on any atom is -0.422 e. The Bertz CT molecular complexity index is 641. The smallest absolute Gasteiger partial charge is 0.347 e. The number of nitrogens with zero attached hydrogens (tertiary/aromatic N) is 1. The van der Waals surface area contributed by atoms with Crippen molar-refractivity contribution in [1.29, 1.82) is 0 Å². The first-order valence-electron chi connectivity index (χ1n) is 5.26. The summed E-state index contributed by atoms with van der Waals surface area (Å²) in [7, 11) is 3.79. The van der Waals surface area contributed by atoms with Crippen LogP contribution in [0.4, 0.5) is 5.69 Å². The highest BCUT2D eigenvalue weighted by Crippen LogP contribution is 2.25. The number of ketones is 1. The van der Waals surface area contributed by atoms with Crippen LogP contribution in [0.5, 0.6) is 0 Å². The van der Waals surface area contributed by atoms with E-state index in [0.717, 1.165) is 11.1 Å². The van der Waals surface area contributed by atoms with Crippen LogP contribution in [0.3, 0.4) is 0 Å². The lowest BCUT2D eigenvalue weighted by Gasteiger charge is -2.14. The van der Waals surface area contributed by atoms with Crippen LogP contribution in [0, 0.1) is 0 Å². The van der Waals surface area contributed by atoms with Crippen molar-refractivity contribution in [2.24, 2.45) is 0 Å². The van der Waals surface area contributed by atoms with Crippen LogP contribution >= 0.6 is 0 Å². The van der Waals surface area contributed by atoms with E-state index in [-0.39, 0.29) is 11.3 Å². The molecule has 0 saturated carbocycles. The van der Waals surface area contributed by atoms with E-state index >= 15 is 0 Å². The molecule has 0 fully saturated rings. The van der Waals surface area contributed by atoms with E-state index in [9.17, 15) is 9.59 Å². The molecule has 0 aliphatic carbocycles. The molecular formula is C13H13NO3. The Morgan fingerprint density at radius 3 is 2.59 bits per heavy atom. The Morgan fingerprint density at radius 2 is 2.00 bits per heavy atom. The molecule has 0 unspecified atom stereocenters. The van der Waals surface area contributed by atoms with Crippen molar-refractivity contribution in [3.63, 3.8) is 0 Å². The Labute approximate surface area is 98.5 Å². The normalized spacial score (nSPS) is 10.5. The number of hydrogen-bond acceptors (Lipinski definition) is 4. The highest BCUT2D eigenvalue weighted by atomic mass is 16.4. The number of hydrogen-bond donors (Lipinski definition) is 0. The van der Waals surface area contributed by atoms with E-state index in [2.05, 4.69) is 0 Å². The fourth-order valence-electron chi connectivity index (χ4n) is 1.76. The fraction of sp³-hybridized carbons (Fsp3) is 0.231. The maximum Gasteiger partial charge on any atom is 0.347 e. The molecule has 4 heteroatoms. The lowest BCUT2D eigenvalue weighted by atomic mass is 10.1. The lowest BCUT2D eigenvalue weighted by molar-refractivity contribution is 0.101. The predicted octanol–water partition coefficient (Wildman–Crippen LogP) is 2.06. The molecule has 0 spiro atoms. The van der Waals surface area contributed by atoms with E-state index in [4.69, 9.17) is 4.42 Å². The number of anilines is 1. The van der Waals surface area contributed by atoms with Gasteiger partial charge in [0, 0.05) is 25.2 Å². The second-order valence-corrected chi connectivity index (χ2v) is 4.09. The van der Waals surface area contributed by atoms with Crippen molar-refractivity contribution in [3.8, 4) is 0 Å². The highest BCUT2D eigenvalue weighted by molar-refractivity contribution is 5.99. The fourth-order valence-corrected chi connectivity index (χ4v) is 1.76. The zero-order valence-electron chi connectivity index (χ0n) is 9.98. The third-order valence-electron chi connectivity index (χ3n) is 2.62. The van der Waals surface area contributed by atoms with Gasteiger partial charge in [-0.05, 0) is 25.1 Å². The molecule has 0 amide bonds. The monoisotopic (exact) mass is 231 g/mol. The Kier molecular flexibility index (Phi) is 2.71. The SMILES string of the molecule is CC(=O)c1cc2c(N(C)C)cccc2oc1=O. The van der Waals surface area contributed by atoms with Gasteiger partial charge >= 0.3 is 5.63 Å². The summed E-state index contributed by atoms with van der Waals surface area (Å²) in [5.74, 6) is -0.283. The second-order valence-electron chi connectivity index (χ2n) is 4.09. The molecule has 0 N–H and O–H groups in total. The first-order chi connectivity index (χ1) is 8.00. The first kappa shape index (κ1) is 11.4. The highest BCUT2D eigenvalue weighted by Gasteiger charge is 2.12. The molecule has 1 aromatic heterocycles. The van der Waals surface area contributed by atoms with Gasteiger partial charge in [-0.25, -0.2) is 4.79 Å². The number of carbonyl (C=O) groups excluding carboxylic acids is 1. The minimum absolute atomic E-state index is 0.0896. The van der Waals surface area contributed by atoms with Crippen LogP contribution in [-0.2, 0) is 0 Å². The van der Waals surface area contributed by atoms with E-state index in [0.29, 0.717) is 5.58 Å². The quantitative estimate of drug-likeness (QED) is 0.586. The molecule has 2 aromatic rings. The molecule has 4 nitrogen and oxygen atoms in total. The number of benzene rings is 1. The molecular weight excluding hydrogens is 218 g/mol. The van der Waals surface area contributed by atoms with Gasteiger partial charge in [-0.3, -0.25) is 4.79 Å². The zero-order chi connectivity index (χ0) is 12.6. The molecule has 0 aliphatic heterocycles. The molecule has 0 aliphatic rings. The summed E-state index contributed by atoms with van der Waals surface area (Å²) in [6, 6.07) is 7.03. The minimum atomic E-state index is -0.582. The van der Waals surface area contributed by atoms with Crippen LogP contribution in [0.25, 0.3) is 11.0 Å². The third kappa shape index (κ3) is 1.93. The van der Waals surface area contributed by atoms with E-state index in [1.165, 1.54) is 6.92 Å². The summed E-state index contributed by atoms with van der Waals surface area (Å²) in [5, 5.41) is 0.766. The summed E-state index contributed by atoms with van der Waals surface area (Å²) in [5.41, 5.74) is 0.910. The molecule has 88 valence electrons. The number of rotatable bonds is 2. The van der Waals surface area contributed by atoms with Gasteiger partial charge in [-0.15, -0.1) is 0 Å². The summed E-state index contributed by atoms with van der Waals surface area (Å²) in [6.45, 7) is 1.36. The summed E-state index contributed by atoms with van der Waals surface area (Å²) >= 11 is 0. The standard InChI is InChI=1S/C13H13NO3/c1-8(15)9-7-10-11(14(2)3)5-4-6-12(10)17-13(9)16/h4-7H,1-3H3. The van der Waals surface area contributed by atoms with Gasteiger partial charge in [0.25, 0.3) is 0 Å². The van der Waals surface area contributed by atoms with Crippen molar-refractivity contribution in [3.05, 3.63) is 40.2 Å². The molecule has 0 radical (unpaired) electrons. The van der Waals surface area contributed by atoms with Gasteiger partial charge in [0.1, 0.15) is 11.1 Å². The Balaban J connectivity index is 2.85. The van der Waals surface area contributed by atoms with Gasteiger partial charge in [0.15, 0.2) is 5.78 Å². The topological polar surface area (TPSA) is 50.5 Å². The Morgan fingerprint density at radius 1 is 1.29 bits per heavy atom. The maximum atomic E-state index is 11.6. The average molecular weight is 231 g/mol. The van der Waals surface area contributed by atoms with Crippen molar-refractivity contribution in [1.82, 2.24) is 0 Å². The third-order valence-corrected chi connectivity index (χ3v) is 2.62. The Hall–Kier alpha value is -2.10. The molecule has 2 rings (SSSR count). The van der Waals surface area contributed by atoms with E-state index < -0.39 is 5.63 Å². The summed E-state index contributed by atoms with van der Waals surface area (Å²) in [4.78, 5) is 24.8. The maximum absolute atomic E-state index is 11.6. The van der Waals surface area contributed by atoms with Crippen LogP contribution in [-0.4, -0.2) is 19.9 Å². The number of Topliss-reactive ketones (excluding diaryl/α,β-unsaturated/α-hetero) is 1. The first-order valence-corrected chi connectivity index (χ1v) is 5.26. The lowest BCUT2D eigenvalue weighted by Crippen LogP contribution is -2.13. The van der Waals surface area contributed by atoms with Crippen molar-refractivity contribution < 1.29 is 9.21 Å². The largest absolute Gasteiger partial charge is 0.422 e. The predicted molar refractivity (Wildman–Crippen MR) is 66.8 cm³/mol. The van der Waals surface area contributed by atoms with Crippen LogP contribution < -0.4 is 10.5 Å². The average Bonchev–Trinajstić information content (AvgIpc) is 2.26. The summed E-state index contributed by atoms with van der Waals surface area (Å²) in [6.07, 6.45) is 0. The zero-order valence-corrected chi connectivity index (χ0v) is 9.98. The molecule has 1 aromatic carbocycles. The van der Waals surface area contributed by atoms with Crippen LogP contribution in [0.2, 0.25) is 0 Å².